The molecule has 6 rings (SSSR count). The number of hydrogen-bond acceptors (Lipinski definition) is 2. The number of rotatable bonds is 4. The molecule has 1 heterocycles. The molecule has 2 aromatic rings. The lowest BCUT2D eigenvalue weighted by Crippen LogP contribution is -2.53. The molecule has 1 aromatic carbocycles. The third-order valence-electron chi connectivity index (χ3n) is 7.16. The van der Waals surface area contributed by atoms with Crippen molar-refractivity contribution >= 4 is 29.0 Å². The first-order valence-electron chi connectivity index (χ1n) is 10.1. The van der Waals surface area contributed by atoms with E-state index in [0.29, 0.717) is 10.7 Å². The molecule has 144 valence electrons. The van der Waals surface area contributed by atoms with Gasteiger partial charge < -0.3 is 0 Å². The van der Waals surface area contributed by atoms with E-state index in [1.165, 1.54) is 37.7 Å². The second kappa shape index (κ2) is 6.71. The minimum absolute atomic E-state index is 0.0143. The first kappa shape index (κ1) is 18.4. The van der Waals surface area contributed by atoms with Gasteiger partial charge in [0, 0.05) is 16.8 Å². The molecule has 4 heteroatoms. The zero-order chi connectivity index (χ0) is 19.4. The normalized spacial score (nSPS) is 33.5. The van der Waals surface area contributed by atoms with Crippen molar-refractivity contribution < 1.29 is 4.79 Å². The molecule has 2 atom stereocenters. The average Bonchev–Trinajstić information content (AvgIpc) is 2.66. The predicted molar refractivity (Wildman–Crippen MR) is 113 cm³/mol. The Morgan fingerprint density at radius 2 is 1.71 bits per heavy atom. The summed E-state index contributed by atoms with van der Waals surface area (Å²) in [6, 6.07) is 11.9. The molecule has 0 saturated heterocycles. The molecule has 4 aliphatic rings. The number of halogens is 2. The molecule has 4 fully saturated rings. The van der Waals surface area contributed by atoms with Crippen molar-refractivity contribution in [1.29, 1.82) is 0 Å². The van der Waals surface area contributed by atoms with Crippen LogP contribution in [0.25, 0.3) is 0 Å². The molecule has 2 unspecified atom stereocenters. The smallest absolute Gasteiger partial charge is 0.187 e. The van der Waals surface area contributed by atoms with E-state index in [1.54, 1.807) is 24.4 Å². The molecule has 0 amide bonds. The summed E-state index contributed by atoms with van der Waals surface area (Å²) in [6.07, 6.45) is 13.0. The lowest BCUT2D eigenvalue weighted by molar-refractivity contribution is -0.0455. The topological polar surface area (TPSA) is 30.0 Å². The van der Waals surface area contributed by atoms with Gasteiger partial charge in [-0.2, -0.15) is 0 Å². The van der Waals surface area contributed by atoms with Crippen LogP contribution in [0.5, 0.6) is 0 Å². The quantitative estimate of drug-likeness (QED) is 0.319. The monoisotopic (exact) mass is 411 g/mol. The summed E-state index contributed by atoms with van der Waals surface area (Å²) in [5.74, 6) is 1.53. The van der Waals surface area contributed by atoms with Crippen molar-refractivity contribution in [3.63, 3.8) is 0 Å². The Morgan fingerprint density at radius 3 is 2.36 bits per heavy atom. The van der Waals surface area contributed by atoms with Crippen LogP contribution in [0, 0.1) is 17.3 Å². The average molecular weight is 412 g/mol. The van der Waals surface area contributed by atoms with Gasteiger partial charge in [-0.3, -0.25) is 4.79 Å². The summed E-state index contributed by atoms with van der Waals surface area (Å²) in [7, 11) is 0. The highest BCUT2D eigenvalue weighted by atomic mass is 35.5. The molecule has 4 bridgehead atoms. The molecule has 4 aliphatic carbocycles. The number of carbonyl (C=O) groups excluding carboxylic acids is 1. The molecule has 0 radical (unpaired) electrons. The number of carbonyl (C=O) groups is 1. The van der Waals surface area contributed by atoms with Gasteiger partial charge in [0.05, 0.1) is 0 Å². The largest absolute Gasteiger partial charge is 0.289 e. The molecule has 0 aliphatic heterocycles. The van der Waals surface area contributed by atoms with E-state index < -0.39 is 0 Å². The van der Waals surface area contributed by atoms with Gasteiger partial charge in [0.1, 0.15) is 5.15 Å². The summed E-state index contributed by atoms with van der Waals surface area (Å²) in [4.78, 5) is 16.7. The van der Waals surface area contributed by atoms with Gasteiger partial charge in [-0.1, -0.05) is 41.4 Å². The van der Waals surface area contributed by atoms with Crippen LogP contribution in [0.2, 0.25) is 10.2 Å². The molecular formula is C24H23Cl2NO. The van der Waals surface area contributed by atoms with E-state index in [-0.39, 0.29) is 16.6 Å². The summed E-state index contributed by atoms with van der Waals surface area (Å²) in [6.45, 7) is 0. The Bertz CT molecular complexity index is 918. The fourth-order valence-corrected chi connectivity index (χ4v) is 6.78. The zero-order valence-electron chi connectivity index (χ0n) is 15.7. The van der Waals surface area contributed by atoms with E-state index in [0.717, 1.165) is 23.3 Å². The van der Waals surface area contributed by atoms with Gasteiger partial charge in [0.2, 0.25) is 0 Å². The number of ketones is 1. The number of aromatic nitrogens is 1. The lowest BCUT2D eigenvalue weighted by atomic mass is 9.43. The van der Waals surface area contributed by atoms with Gasteiger partial charge in [-0.05, 0) is 97.1 Å². The van der Waals surface area contributed by atoms with Crippen LogP contribution in [0.4, 0.5) is 0 Å². The summed E-state index contributed by atoms with van der Waals surface area (Å²) in [5.41, 5.74) is 2.40. The van der Waals surface area contributed by atoms with Crippen molar-refractivity contribution in [2.75, 3.05) is 0 Å². The van der Waals surface area contributed by atoms with Crippen molar-refractivity contribution in [2.45, 2.75) is 43.9 Å². The van der Waals surface area contributed by atoms with Gasteiger partial charge in [0.25, 0.3) is 0 Å². The van der Waals surface area contributed by atoms with Gasteiger partial charge >= 0.3 is 0 Å². The molecular weight excluding hydrogens is 389 g/mol. The standard InChI is InChI=1S/C24H23Cl2NO/c25-20-4-2-19(3-5-20)24-12-16-9-17(13-24)11-23(10-16,15-24)8-7-21(28)18-1-6-22(26)27-14-18/h1-8,14,16-17H,9-13,15H2. The number of pyridine rings is 1. The number of allylic oxidation sites excluding steroid dienone is 2. The molecule has 0 spiro atoms. The predicted octanol–water partition coefficient (Wildman–Crippen LogP) is 6.67. The minimum Gasteiger partial charge on any atom is -0.289 e. The molecule has 4 saturated carbocycles. The molecule has 2 nitrogen and oxygen atoms in total. The number of nitrogens with zero attached hydrogens (tertiary/aromatic N) is 1. The van der Waals surface area contributed by atoms with E-state index in [1.807, 2.05) is 12.1 Å². The highest BCUT2D eigenvalue weighted by molar-refractivity contribution is 6.30. The molecule has 28 heavy (non-hydrogen) atoms. The third kappa shape index (κ3) is 3.21. The first-order valence-corrected chi connectivity index (χ1v) is 10.8. The molecule has 1 aromatic heterocycles. The highest BCUT2D eigenvalue weighted by Gasteiger charge is 2.57. The number of benzene rings is 1. The SMILES string of the molecule is O=C(C=CC12CC3CC(C1)CC(c1ccc(Cl)cc1)(C3)C2)c1ccc(Cl)nc1. The van der Waals surface area contributed by atoms with Gasteiger partial charge in [-0.25, -0.2) is 4.98 Å². The van der Waals surface area contributed by atoms with Crippen LogP contribution in [0.1, 0.15) is 54.4 Å². The fraction of sp³-hybridized carbons (Fsp3) is 0.417. The first-order chi connectivity index (χ1) is 13.5. The Hall–Kier alpha value is -1.64. The van der Waals surface area contributed by atoms with Crippen molar-refractivity contribution in [3.05, 3.63) is 76.0 Å². The molecule has 0 N–H and O–H groups in total. The van der Waals surface area contributed by atoms with Crippen LogP contribution in [-0.4, -0.2) is 10.8 Å². The Morgan fingerprint density at radius 1 is 1.00 bits per heavy atom. The second-order valence-electron chi connectivity index (χ2n) is 9.18. The van der Waals surface area contributed by atoms with E-state index in [2.05, 4.69) is 23.2 Å². The Labute approximate surface area is 176 Å². The highest BCUT2D eigenvalue weighted by Crippen LogP contribution is 2.66. The lowest BCUT2D eigenvalue weighted by Gasteiger charge is -2.62. The summed E-state index contributed by atoms with van der Waals surface area (Å²) < 4.78 is 0. The van der Waals surface area contributed by atoms with Crippen LogP contribution in [0.15, 0.2) is 54.7 Å². The Kier molecular flexibility index (Phi) is 4.41. The second-order valence-corrected chi connectivity index (χ2v) is 10.0. The van der Waals surface area contributed by atoms with Crippen LogP contribution in [0.3, 0.4) is 0 Å². The maximum absolute atomic E-state index is 12.7. The van der Waals surface area contributed by atoms with E-state index in [4.69, 9.17) is 23.2 Å². The fourth-order valence-electron chi connectivity index (χ4n) is 6.54. The van der Waals surface area contributed by atoms with Gasteiger partial charge in [-0.15, -0.1) is 0 Å². The maximum atomic E-state index is 12.7. The third-order valence-corrected chi connectivity index (χ3v) is 7.64. The zero-order valence-corrected chi connectivity index (χ0v) is 17.2. The maximum Gasteiger partial charge on any atom is 0.187 e. The number of hydrogen-bond donors (Lipinski definition) is 0. The minimum atomic E-state index is 0.0143. The van der Waals surface area contributed by atoms with Crippen LogP contribution >= 0.6 is 23.2 Å². The Balaban J connectivity index is 1.44. The van der Waals surface area contributed by atoms with Crippen molar-refractivity contribution in [1.82, 2.24) is 4.98 Å². The van der Waals surface area contributed by atoms with E-state index >= 15 is 0 Å². The van der Waals surface area contributed by atoms with Gasteiger partial charge in [0.15, 0.2) is 5.78 Å². The van der Waals surface area contributed by atoms with Crippen LogP contribution in [-0.2, 0) is 5.41 Å². The van der Waals surface area contributed by atoms with Crippen molar-refractivity contribution in [2.24, 2.45) is 17.3 Å². The summed E-state index contributed by atoms with van der Waals surface area (Å²) in [5, 5.41) is 1.21. The van der Waals surface area contributed by atoms with Crippen LogP contribution < -0.4 is 0 Å². The van der Waals surface area contributed by atoms with E-state index in [9.17, 15) is 4.79 Å². The van der Waals surface area contributed by atoms with Crippen molar-refractivity contribution in [3.8, 4) is 0 Å². The summed E-state index contributed by atoms with van der Waals surface area (Å²) >= 11 is 12.0.